The van der Waals surface area contributed by atoms with E-state index in [0.717, 1.165) is 64.8 Å². The van der Waals surface area contributed by atoms with E-state index >= 15 is 0 Å². The normalized spacial score (nSPS) is 11.1. The number of thioether (sulfide) groups is 1. The minimum Gasteiger partial charge on any atom is -0.496 e. The number of aryl methyl sites for hydroxylation is 1. The fourth-order valence-corrected chi connectivity index (χ4v) is 4.42. The van der Waals surface area contributed by atoms with Gasteiger partial charge in [-0.2, -0.15) is 5.10 Å². The smallest absolute Gasteiger partial charge is 0.142 e. The lowest BCUT2D eigenvalue weighted by Crippen LogP contribution is -2.25. The number of hydrogen-bond acceptors (Lipinski definition) is 5. The number of nitrogens with zero attached hydrogens (tertiary/aromatic N) is 3. The molecule has 5 nitrogen and oxygen atoms in total. The Hall–Kier alpha value is -2.34. The van der Waals surface area contributed by atoms with Gasteiger partial charge in [-0.1, -0.05) is 19.9 Å². The number of pyridine rings is 1. The zero-order valence-electron chi connectivity index (χ0n) is 18.3. The van der Waals surface area contributed by atoms with E-state index in [1.807, 2.05) is 23.6 Å². The molecule has 2 aromatic heterocycles. The van der Waals surface area contributed by atoms with Gasteiger partial charge < -0.3 is 14.4 Å². The van der Waals surface area contributed by atoms with Gasteiger partial charge in [-0.05, 0) is 55.9 Å². The summed E-state index contributed by atoms with van der Waals surface area (Å²) in [5, 5.41) is 6.04. The molecule has 3 aromatic rings. The van der Waals surface area contributed by atoms with Gasteiger partial charge in [-0.15, -0.1) is 11.8 Å². The lowest BCUT2D eigenvalue weighted by Gasteiger charge is -2.23. The van der Waals surface area contributed by atoms with E-state index in [4.69, 9.17) is 14.6 Å². The summed E-state index contributed by atoms with van der Waals surface area (Å²) in [6.45, 7) is 8.52. The Labute approximate surface area is 178 Å². The summed E-state index contributed by atoms with van der Waals surface area (Å²) in [5.74, 6) is 1.58. The number of benzene rings is 1. The van der Waals surface area contributed by atoms with Crippen LogP contribution in [0.5, 0.6) is 11.5 Å². The SMILES string of the molecule is CCCN(CCC)c1c(SC)nn2c(-c3c(OC)cc(C)cc3OC)cccc12. The molecule has 0 bridgehead atoms. The van der Waals surface area contributed by atoms with Crippen molar-refractivity contribution in [1.82, 2.24) is 9.61 Å². The fourth-order valence-electron chi connectivity index (χ4n) is 3.83. The molecule has 3 rings (SSSR count). The van der Waals surface area contributed by atoms with Crippen molar-refractivity contribution in [2.75, 3.05) is 38.5 Å². The van der Waals surface area contributed by atoms with Crippen LogP contribution in [0.2, 0.25) is 0 Å². The highest BCUT2D eigenvalue weighted by Crippen LogP contribution is 2.42. The van der Waals surface area contributed by atoms with Crippen LogP contribution in [0.4, 0.5) is 5.69 Å². The second kappa shape index (κ2) is 9.44. The Balaban J connectivity index is 2.31. The van der Waals surface area contributed by atoms with Gasteiger partial charge in [0.15, 0.2) is 0 Å². The summed E-state index contributed by atoms with van der Waals surface area (Å²) in [4.78, 5) is 2.46. The molecule has 1 aromatic carbocycles. The van der Waals surface area contributed by atoms with Crippen LogP contribution in [-0.2, 0) is 0 Å². The first kappa shape index (κ1) is 21.4. The molecule has 0 unspecified atom stereocenters. The van der Waals surface area contributed by atoms with Crippen molar-refractivity contribution in [2.24, 2.45) is 0 Å². The van der Waals surface area contributed by atoms with Crippen molar-refractivity contribution in [3.8, 4) is 22.8 Å². The van der Waals surface area contributed by atoms with Gasteiger partial charge in [0.2, 0.25) is 0 Å². The average molecular weight is 414 g/mol. The number of aromatic nitrogens is 2. The van der Waals surface area contributed by atoms with E-state index < -0.39 is 0 Å². The van der Waals surface area contributed by atoms with E-state index in [1.165, 1.54) is 5.69 Å². The summed E-state index contributed by atoms with van der Waals surface area (Å²) in [6, 6.07) is 10.4. The predicted octanol–water partition coefficient (Wildman–Crippen LogP) is 5.68. The molecule has 0 atom stereocenters. The molecule has 2 heterocycles. The molecule has 0 fully saturated rings. The van der Waals surface area contributed by atoms with Crippen LogP contribution in [0, 0.1) is 6.92 Å². The molecule has 0 saturated carbocycles. The molecule has 0 N–H and O–H groups in total. The number of hydrogen-bond donors (Lipinski definition) is 0. The maximum absolute atomic E-state index is 5.72. The Morgan fingerprint density at radius 3 is 2.17 bits per heavy atom. The van der Waals surface area contributed by atoms with E-state index in [-0.39, 0.29) is 0 Å². The molecule has 0 saturated heterocycles. The Bertz CT molecular complexity index is 953. The third-order valence-corrected chi connectivity index (χ3v) is 5.67. The highest BCUT2D eigenvalue weighted by atomic mass is 32.2. The van der Waals surface area contributed by atoms with Gasteiger partial charge in [-0.3, -0.25) is 0 Å². The standard InChI is InChI=1S/C23H31N3O2S/c1-7-12-25(13-8-2)22-18-11-9-10-17(26(18)24-23(22)29-6)21-19(27-4)14-16(3)15-20(21)28-5/h9-11,14-15H,7-8,12-13H2,1-6H3. The van der Waals surface area contributed by atoms with E-state index in [2.05, 4.69) is 43.2 Å². The Morgan fingerprint density at radius 1 is 1.03 bits per heavy atom. The van der Waals surface area contributed by atoms with Crippen LogP contribution >= 0.6 is 11.8 Å². The lowest BCUT2D eigenvalue weighted by atomic mass is 10.1. The highest BCUT2D eigenvalue weighted by Gasteiger charge is 2.22. The fraction of sp³-hybridized carbons (Fsp3) is 0.435. The number of fused-ring (bicyclic) bond motifs is 1. The summed E-state index contributed by atoms with van der Waals surface area (Å²) < 4.78 is 13.5. The molecular formula is C23H31N3O2S. The van der Waals surface area contributed by atoms with Crippen molar-refractivity contribution in [3.05, 3.63) is 35.9 Å². The van der Waals surface area contributed by atoms with Crippen LogP contribution in [0.1, 0.15) is 32.3 Å². The van der Waals surface area contributed by atoms with Crippen LogP contribution in [0.25, 0.3) is 16.8 Å². The topological polar surface area (TPSA) is 39.0 Å². The molecule has 0 amide bonds. The molecule has 0 aliphatic heterocycles. The number of methoxy groups -OCH3 is 2. The van der Waals surface area contributed by atoms with Gasteiger partial charge in [0.05, 0.1) is 36.7 Å². The third kappa shape index (κ3) is 4.04. The van der Waals surface area contributed by atoms with Gasteiger partial charge in [0, 0.05) is 13.1 Å². The van der Waals surface area contributed by atoms with Gasteiger partial charge >= 0.3 is 0 Å². The maximum atomic E-state index is 5.72. The minimum atomic E-state index is 0.788. The zero-order chi connectivity index (χ0) is 21.0. The van der Waals surface area contributed by atoms with Crippen LogP contribution in [-0.4, -0.2) is 43.2 Å². The quantitative estimate of drug-likeness (QED) is 0.422. The summed E-state index contributed by atoms with van der Waals surface area (Å²) >= 11 is 1.69. The average Bonchev–Trinajstić information content (AvgIpc) is 3.11. The van der Waals surface area contributed by atoms with Crippen LogP contribution in [0.15, 0.2) is 35.4 Å². The summed E-state index contributed by atoms with van der Waals surface area (Å²) in [5.41, 5.74) is 5.31. The second-order valence-corrected chi connectivity index (χ2v) is 7.89. The molecule has 0 aliphatic carbocycles. The Kier molecular flexibility index (Phi) is 6.96. The molecule has 0 spiro atoms. The van der Waals surface area contributed by atoms with Gasteiger partial charge in [-0.25, -0.2) is 4.52 Å². The van der Waals surface area contributed by atoms with Crippen molar-refractivity contribution in [1.29, 1.82) is 0 Å². The van der Waals surface area contributed by atoms with Crippen molar-refractivity contribution in [3.63, 3.8) is 0 Å². The molecule has 0 radical (unpaired) electrons. The van der Waals surface area contributed by atoms with Crippen molar-refractivity contribution < 1.29 is 9.47 Å². The molecule has 29 heavy (non-hydrogen) atoms. The monoisotopic (exact) mass is 413 g/mol. The third-order valence-electron chi connectivity index (χ3n) is 5.00. The van der Waals surface area contributed by atoms with Crippen LogP contribution in [0.3, 0.4) is 0 Å². The number of anilines is 1. The highest BCUT2D eigenvalue weighted by molar-refractivity contribution is 7.98. The summed E-state index contributed by atoms with van der Waals surface area (Å²) in [7, 11) is 3.40. The maximum Gasteiger partial charge on any atom is 0.142 e. The first-order valence-corrected chi connectivity index (χ1v) is 11.4. The first-order chi connectivity index (χ1) is 14.1. The zero-order valence-corrected chi connectivity index (χ0v) is 19.1. The van der Waals surface area contributed by atoms with E-state index in [0.29, 0.717) is 0 Å². The van der Waals surface area contributed by atoms with Gasteiger partial charge in [0.25, 0.3) is 0 Å². The van der Waals surface area contributed by atoms with E-state index in [1.54, 1.807) is 26.0 Å². The molecule has 0 aliphatic rings. The molecular weight excluding hydrogens is 382 g/mol. The van der Waals surface area contributed by atoms with Crippen molar-refractivity contribution in [2.45, 2.75) is 38.6 Å². The largest absolute Gasteiger partial charge is 0.496 e. The Morgan fingerprint density at radius 2 is 1.66 bits per heavy atom. The lowest BCUT2D eigenvalue weighted by molar-refractivity contribution is 0.396. The molecule has 156 valence electrons. The van der Waals surface area contributed by atoms with Crippen LogP contribution < -0.4 is 14.4 Å². The second-order valence-electron chi connectivity index (χ2n) is 7.10. The first-order valence-electron chi connectivity index (χ1n) is 10.1. The van der Waals surface area contributed by atoms with Gasteiger partial charge in [0.1, 0.15) is 16.5 Å². The summed E-state index contributed by atoms with van der Waals surface area (Å²) in [6.07, 6.45) is 4.29. The predicted molar refractivity (Wildman–Crippen MR) is 123 cm³/mol. The number of rotatable bonds is 9. The minimum absolute atomic E-state index is 0.788. The molecule has 6 heteroatoms. The van der Waals surface area contributed by atoms with Crippen molar-refractivity contribution >= 4 is 23.0 Å². The number of ether oxygens (including phenoxy) is 2. The van der Waals surface area contributed by atoms with E-state index in [9.17, 15) is 0 Å².